The number of methoxy groups -OCH3 is 1. The molecule has 0 atom stereocenters. The van der Waals surface area contributed by atoms with Crippen molar-refractivity contribution < 1.29 is 14.6 Å². The molecule has 0 aliphatic rings. The van der Waals surface area contributed by atoms with Gasteiger partial charge in [-0.15, -0.1) is 5.10 Å². The molecule has 1 aromatic heterocycles. The first-order valence-electron chi connectivity index (χ1n) is 5.93. The summed E-state index contributed by atoms with van der Waals surface area (Å²) in [5.41, 5.74) is 2.18. The molecule has 100 valence electrons. The van der Waals surface area contributed by atoms with Crippen LogP contribution in [0.15, 0.2) is 42.5 Å². The monoisotopic (exact) mass is 269 g/mol. The number of aromatic carboxylic acids is 1. The van der Waals surface area contributed by atoms with Crippen molar-refractivity contribution in [2.45, 2.75) is 0 Å². The number of benzene rings is 2. The highest BCUT2D eigenvalue weighted by atomic mass is 16.5. The molecule has 0 aliphatic carbocycles. The van der Waals surface area contributed by atoms with Gasteiger partial charge in [-0.05, 0) is 30.3 Å². The number of fused-ring (bicyclic) bond motifs is 1. The Morgan fingerprint density at radius 2 is 2.05 bits per heavy atom. The Morgan fingerprint density at radius 1 is 1.25 bits per heavy atom. The maximum Gasteiger partial charge on any atom is 0.335 e. The molecule has 0 unspecified atom stereocenters. The summed E-state index contributed by atoms with van der Waals surface area (Å²) < 4.78 is 6.92. The van der Waals surface area contributed by atoms with Crippen LogP contribution < -0.4 is 4.74 Å². The molecule has 2 aromatic carbocycles. The van der Waals surface area contributed by atoms with Crippen molar-refractivity contribution in [1.82, 2.24) is 15.0 Å². The molecule has 6 heteroatoms. The Labute approximate surface area is 114 Å². The third-order valence-corrected chi connectivity index (χ3v) is 3.01. The van der Waals surface area contributed by atoms with Gasteiger partial charge in [0.2, 0.25) is 0 Å². The fourth-order valence-electron chi connectivity index (χ4n) is 2.04. The molecule has 0 bridgehead atoms. The van der Waals surface area contributed by atoms with Gasteiger partial charge in [0.05, 0.1) is 18.2 Å². The number of ether oxygens (including phenoxy) is 1. The summed E-state index contributed by atoms with van der Waals surface area (Å²) in [7, 11) is 1.58. The van der Waals surface area contributed by atoms with Crippen LogP contribution in [0.5, 0.6) is 5.75 Å². The lowest BCUT2D eigenvalue weighted by Crippen LogP contribution is -2.00. The van der Waals surface area contributed by atoms with Crippen molar-refractivity contribution >= 4 is 17.0 Å². The molecule has 3 aromatic rings. The number of nitrogens with zero attached hydrogens (tertiary/aromatic N) is 3. The van der Waals surface area contributed by atoms with Gasteiger partial charge < -0.3 is 9.84 Å². The number of carboxylic acids is 1. The van der Waals surface area contributed by atoms with Crippen molar-refractivity contribution in [3.8, 4) is 11.4 Å². The number of hydrogen-bond donors (Lipinski definition) is 1. The molecule has 1 N–H and O–H groups in total. The molecular weight excluding hydrogens is 258 g/mol. The minimum absolute atomic E-state index is 0.185. The van der Waals surface area contributed by atoms with Crippen LogP contribution in [-0.4, -0.2) is 33.2 Å². The molecular formula is C14H11N3O3. The SMILES string of the molecule is COc1ccccc1-n1nnc2cc(C(=O)O)ccc21. The fourth-order valence-corrected chi connectivity index (χ4v) is 2.04. The smallest absolute Gasteiger partial charge is 0.335 e. The van der Waals surface area contributed by atoms with Crippen LogP contribution >= 0.6 is 0 Å². The van der Waals surface area contributed by atoms with Crippen LogP contribution in [0, 0.1) is 0 Å². The van der Waals surface area contributed by atoms with Crippen molar-refractivity contribution in [1.29, 1.82) is 0 Å². The van der Waals surface area contributed by atoms with E-state index < -0.39 is 5.97 Å². The average molecular weight is 269 g/mol. The second-order valence-corrected chi connectivity index (χ2v) is 4.18. The van der Waals surface area contributed by atoms with Crippen molar-refractivity contribution in [2.75, 3.05) is 7.11 Å². The maximum absolute atomic E-state index is 10.9. The first-order valence-corrected chi connectivity index (χ1v) is 5.93. The largest absolute Gasteiger partial charge is 0.494 e. The van der Waals surface area contributed by atoms with E-state index in [0.29, 0.717) is 11.3 Å². The summed E-state index contributed by atoms with van der Waals surface area (Å²) in [5, 5.41) is 17.1. The van der Waals surface area contributed by atoms with E-state index in [1.807, 2.05) is 24.3 Å². The Balaban J connectivity index is 2.20. The van der Waals surface area contributed by atoms with Gasteiger partial charge >= 0.3 is 5.97 Å². The van der Waals surface area contributed by atoms with E-state index in [4.69, 9.17) is 9.84 Å². The highest BCUT2D eigenvalue weighted by Crippen LogP contribution is 2.25. The Bertz CT molecular complexity index is 795. The van der Waals surface area contributed by atoms with Crippen molar-refractivity contribution in [3.05, 3.63) is 48.0 Å². The highest BCUT2D eigenvalue weighted by molar-refractivity contribution is 5.92. The van der Waals surface area contributed by atoms with Crippen LogP contribution in [0.4, 0.5) is 0 Å². The lowest BCUT2D eigenvalue weighted by atomic mass is 10.2. The van der Waals surface area contributed by atoms with E-state index in [1.54, 1.807) is 17.9 Å². The summed E-state index contributed by atoms with van der Waals surface area (Å²) in [6.07, 6.45) is 0. The zero-order valence-electron chi connectivity index (χ0n) is 10.6. The first kappa shape index (κ1) is 12.2. The van der Waals surface area contributed by atoms with Crippen LogP contribution in [0.25, 0.3) is 16.7 Å². The third-order valence-electron chi connectivity index (χ3n) is 3.01. The molecule has 0 radical (unpaired) electrons. The molecule has 0 saturated heterocycles. The van der Waals surface area contributed by atoms with Crippen LogP contribution in [0.2, 0.25) is 0 Å². The predicted molar refractivity (Wildman–Crippen MR) is 72.4 cm³/mol. The lowest BCUT2D eigenvalue weighted by Gasteiger charge is -2.07. The van der Waals surface area contributed by atoms with E-state index in [1.165, 1.54) is 12.1 Å². The Hall–Kier alpha value is -2.89. The third kappa shape index (κ3) is 1.87. The number of rotatable bonds is 3. The Kier molecular flexibility index (Phi) is 2.83. The van der Waals surface area contributed by atoms with Gasteiger partial charge in [0.25, 0.3) is 0 Å². The number of carbonyl (C=O) groups is 1. The Morgan fingerprint density at radius 3 is 2.80 bits per heavy atom. The molecule has 0 amide bonds. The van der Waals surface area contributed by atoms with Gasteiger partial charge in [0, 0.05) is 0 Å². The van der Waals surface area contributed by atoms with Gasteiger partial charge in [-0.1, -0.05) is 17.3 Å². The minimum atomic E-state index is -0.987. The average Bonchev–Trinajstić information content (AvgIpc) is 2.89. The highest BCUT2D eigenvalue weighted by Gasteiger charge is 2.12. The number of para-hydroxylation sites is 2. The second kappa shape index (κ2) is 4.65. The molecule has 1 heterocycles. The molecule has 0 saturated carbocycles. The molecule has 20 heavy (non-hydrogen) atoms. The summed E-state index contributed by atoms with van der Waals surface area (Å²) >= 11 is 0. The van der Waals surface area contributed by atoms with Crippen LogP contribution in [0.3, 0.4) is 0 Å². The normalized spacial score (nSPS) is 10.7. The van der Waals surface area contributed by atoms with Crippen molar-refractivity contribution in [3.63, 3.8) is 0 Å². The van der Waals surface area contributed by atoms with E-state index in [0.717, 1.165) is 11.2 Å². The maximum atomic E-state index is 10.9. The van der Waals surface area contributed by atoms with E-state index in [2.05, 4.69) is 10.3 Å². The lowest BCUT2D eigenvalue weighted by molar-refractivity contribution is 0.0697. The molecule has 3 rings (SSSR count). The van der Waals surface area contributed by atoms with Crippen LogP contribution in [-0.2, 0) is 0 Å². The van der Waals surface area contributed by atoms with Crippen LogP contribution in [0.1, 0.15) is 10.4 Å². The zero-order valence-corrected chi connectivity index (χ0v) is 10.6. The summed E-state index contributed by atoms with van der Waals surface area (Å²) in [5.74, 6) is -0.319. The second-order valence-electron chi connectivity index (χ2n) is 4.18. The summed E-state index contributed by atoms with van der Waals surface area (Å²) in [6, 6.07) is 12.1. The van der Waals surface area contributed by atoms with Gasteiger partial charge in [0.1, 0.15) is 17.0 Å². The first-order chi connectivity index (χ1) is 9.70. The number of aromatic nitrogens is 3. The molecule has 0 aliphatic heterocycles. The zero-order chi connectivity index (χ0) is 14.1. The number of carboxylic acid groups (broad SMARTS) is 1. The topological polar surface area (TPSA) is 77.2 Å². The van der Waals surface area contributed by atoms with E-state index >= 15 is 0 Å². The molecule has 6 nitrogen and oxygen atoms in total. The van der Waals surface area contributed by atoms with Gasteiger partial charge in [0.15, 0.2) is 0 Å². The van der Waals surface area contributed by atoms with E-state index in [9.17, 15) is 4.79 Å². The summed E-state index contributed by atoms with van der Waals surface area (Å²) in [6.45, 7) is 0. The molecule has 0 spiro atoms. The summed E-state index contributed by atoms with van der Waals surface area (Å²) in [4.78, 5) is 10.9. The van der Waals surface area contributed by atoms with E-state index in [-0.39, 0.29) is 5.56 Å². The molecule has 0 fully saturated rings. The minimum Gasteiger partial charge on any atom is -0.494 e. The standard InChI is InChI=1S/C14H11N3O3/c1-20-13-5-3-2-4-12(13)17-11-7-6-9(14(18)19)8-10(11)15-16-17/h2-8H,1H3,(H,18,19). The fraction of sp³-hybridized carbons (Fsp3) is 0.0714. The predicted octanol–water partition coefficient (Wildman–Crippen LogP) is 2.13. The quantitative estimate of drug-likeness (QED) is 0.788. The van der Waals surface area contributed by atoms with Gasteiger partial charge in [-0.3, -0.25) is 0 Å². The van der Waals surface area contributed by atoms with Gasteiger partial charge in [-0.25, -0.2) is 9.48 Å². The van der Waals surface area contributed by atoms with Crippen molar-refractivity contribution in [2.24, 2.45) is 0 Å². The van der Waals surface area contributed by atoms with Gasteiger partial charge in [-0.2, -0.15) is 0 Å². The number of hydrogen-bond acceptors (Lipinski definition) is 4.